The number of nitrogens with zero attached hydrogens (tertiary/aromatic N) is 1. The third-order valence-corrected chi connectivity index (χ3v) is 2.32. The summed E-state index contributed by atoms with van der Waals surface area (Å²) in [5.41, 5.74) is -0.557. The molecule has 4 heteroatoms. The first kappa shape index (κ1) is 13.6. The van der Waals surface area contributed by atoms with Gasteiger partial charge in [0.25, 0.3) is 0 Å². The maximum absolute atomic E-state index is 11.9. The minimum absolute atomic E-state index is 0.0537. The summed E-state index contributed by atoms with van der Waals surface area (Å²) in [6.45, 7) is 5.89. The van der Waals surface area contributed by atoms with Crippen molar-refractivity contribution >= 4 is 11.9 Å². The standard InChI is InChI=1S/C13H19NO3/c1-5-11(15)9-14(8-10-6-7-10)12(16)17-13(2,3)4/h1,10H,6-9H2,2-4H3. The van der Waals surface area contributed by atoms with Crippen LogP contribution in [0.4, 0.5) is 4.79 Å². The molecule has 94 valence electrons. The molecule has 0 spiro atoms. The van der Waals surface area contributed by atoms with Gasteiger partial charge < -0.3 is 4.74 Å². The summed E-state index contributed by atoms with van der Waals surface area (Å²) >= 11 is 0. The Morgan fingerprint density at radius 3 is 2.41 bits per heavy atom. The van der Waals surface area contributed by atoms with E-state index in [0.29, 0.717) is 12.5 Å². The fourth-order valence-electron chi connectivity index (χ4n) is 1.36. The van der Waals surface area contributed by atoms with E-state index in [9.17, 15) is 9.59 Å². The van der Waals surface area contributed by atoms with Crippen molar-refractivity contribution in [2.75, 3.05) is 13.1 Å². The third-order valence-electron chi connectivity index (χ3n) is 2.32. The highest BCUT2D eigenvalue weighted by Crippen LogP contribution is 2.30. The molecule has 0 unspecified atom stereocenters. The molecule has 1 aliphatic carbocycles. The van der Waals surface area contributed by atoms with Crippen molar-refractivity contribution in [2.45, 2.75) is 39.2 Å². The Hall–Kier alpha value is -1.50. The highest BCUT2D eigenvalue weighted by Gasteiger charge is 2.30. The Kier molecular flexibility index (Phi) is 4.17. The molecule has 0 aromatic carbocycles. The second-order valence-electron chi connectivity index (χ2n) is 5.37. The zero-order chi connectivity index (χ0) is 13.1. The van der Waals surface area contributed by atoms with Crippen LogP contribution in [0.1, 0.15) is 33.6 Å². The van der Waals surface area contributed by atoms with Gasteiger partial charge in [0.15, 0.2) is 0 Å². The van der Waals surface area contributed by atoms with Crippen molar-refractivity contribution < 1.29 is 14.3 Å². The topological polar surface area (TPSA) is 46.6 Å². The molecule has 0 saturated heterocycles. The maximum Gasteiger partial charge on any atom is 0.410 e. The summed E-state index contributed by atoms with van der Waals surface area (Å²) in [5.74, 6) is 2.12. The number of hydrogen-bond acceptors (Lipinski definition) is 3. The zero-order valence-corrected chi connectivity index (χ0v) is 10.7. The van der Waals surface area contributed by atoms with E-state index in [4.69, 9.17) is 11.2 Å². The lowest BCUT2D eigenvalue weighted by molar-refractivity contribution is -0.115. The first-order valence-corrected chi connectivity index (χ1v) is 5.79. The molecule has 0 aromatic rings. The summed E-state index contributed by atoms with van der Waals surface area (Å²) in [6.07, 6.45) is 6.75. The van der Waals surface area contributed by atoms with Crippen LogP contribution < -0.4 is 0 Å². The van der Waals surface area contributed by atoms with E-state index >= 15 is 0 Å². The lowest BCUT2D eigenvalue weighted by atomic mass is 10.2. The molecule has 1 rings (SSSR count). The van der Waals surface area contributed by atoms with Gasteiger partial charge in [0.2, 0.25) is 5.78 Å². The van der Waals surface area contributed by atoms with Crippen molar-refractivity contribution in [1.82, 2.24) is 4.90 Å². The highest BCUT2D eigenvalue weighted by atomic mass is 16.6. The lowest BCUT2D eigenvalue weighted by Gasteiger charge is -2.26. The number of amides is 1. The third kappa shape index (κ3) is 5.39. The van der Waals surface area contributed by atoms with Gasteiger partial charge in [0.1, 0.15) is 5.60 Å². The molecular formula is C13H19NO3. The first-order valence-electron chi connectivity index (χ1n) is 5.79. The molecule has 1 fully saturated rings. The molecule has 1 aliphatic rings. The van der Waals surface area contributed by atoms with E-state index in [1.54, 1.807) is 20.8 Å². The van der Waals surface area contributed by atoms with Gasteiger partial charge in [0, 0.05) is 6.54 Å². The molecule has 0 aliphatic heterocycles. The molecule has 17 heavy (non-hydrogen) atoms. The largest absolute Gasteiger partial charge is 0.444 e. The second kappa shape index (κ2) is 5.22. The first-order chi connectivity index (χ1) is 7.81. The molecule has 0 N–H and O–H groups in total. The molecule has 0 atom stereocenters. The van der Waals surface area contributed by atoms with Crippen molar-refractivity contribution in [3.8, 4) is 12.3 Å². The SMILES string of the molecule is C#CC(=O)CN(CC1CC1)C(=O)OC(C)(C)C. The normalized spacial score (nSPS) is 14.9. The van der Waals surface area contributed by atoms with Crippen LogP contribution in [0.3, 0.4) is 0 Å². The van der Waals surface area contributed by atoms with E-state index in [1.807, 2.05) is 5.92 Å². The highest BCUT2D eigenvalue weighted by molar-refractivity contribution is 5.97. The van der Waals surface area contributed by atoms with Crippen molar-refractivity contribution in [3.05, 3.63) is 0 Å². The van der Waals surface area contributed by atoms with Crippen molar-refractivity contribution in [3.63, 3.8) is 0 Å². The number of carbonyl (C=O) groups excluding carboxylic acids is 2. The predicted octanol–water partition coefficient (Wildman–Crippen LogP) is 1.84. The van der Waals surface area contributed by atoms with Gasteiger partial charge in [-0.3, -0.25) is 9.69 Å². The van der Waals surface area contributed by atoms with Crippen LogP contribution in [-0.2, 0) is 9.53 Å². The van der Waals surface area contributed by atoms with E-state index in [1.165, 1.54) is 4.90 Å². The lowest BCUT2D eigenvalue weighted by Crippen LogP contribution is -2.40. The minimum atomic E-state index is -0.557. The fraction of sp³-hybridized carbons (Fsp3) is 0.692. The molecule has 1 amide bonds. The molecule has 0 heterocycles. The number of rotatable bonds is 4. The number of hydrogen-bond donors (Lipinski definition) is 0. The van der Waals surface area contributed by atoms with E-state index in [0.717, 1.165) is 12.8 Å². The van der Waals surface area contributed by atoms with Gasteiger partial charge in [-0.2, -0.15) is 0 Å². The Morgan fingerprint density at radius 2 is 2.00 bits per heavy atom. The fourth-order valence-corrected chi connectivity index (χ4v) is 1.36. The van der Waals surface area contributed by atoms with Crippen LogP contribution in [0.25, 0.3) is 0 Å². The summed E-state index contributed by atoms with van der Waals surface area (Å²) in [5, 5.41) is 0. The molecule has 0 radical (unpaired) electrons. The number of carbonyl (C=O) groups is 2. The minimum Gasteiger partial charge on any atom is -0.444 e. The number of ketones is 1. The number of ether oxygens (including phenoxy) is 1. The van der Waals surface area contributed by atoms with Crippen molar-refractivity contribution in [2.24, 2.45) is 5.92 Å². The predicted molar refractivity (Wildman–Crippen MR) is 64.4 cm³/mol. The summed E-state index contributed by atoms with van der Waals surface area (Å²) in [4.78, 5) is 24.5. The van der Waals surface area contributed by atoms with Gasteiger partial charge in [-0.15, -0.1) is 6.42 Å². The summed E-state index contributed by atoms with van der Waals surface area (Å²) in [7, 11) is 0. The van der Waals surface area contributed by atoms with E-state index < -0.39 is 17.5 Å². The average molecular weight is 237 g/mol. The van der Waals surface area contributed by atoms with E-state index in [-0.39, 0.29) is 6.54 Å². The van der Waals surface area contributed by atoms with Crippen LogP contribution in [0.15, 0.2) is 0 Å². The maximum atomic E-state index is 11.9. The second-order valence-corrected chi connectivity index (χ2v) is 5.37. The summed E-state index contributed by atoms with van der Waals surface area (Å²) in [6, 6.07) is 0. The van der Waals surface area contributed by atoms with Crippen LogP contribution in [0.2, 0.25) is 0 Å². The molecular weight excluding hydrogens is 218 g/mol. The van der Waals surface area contributed by atoms with Gasteiger partial charge in [-0.1, -0.05) is 0 Å². The van der Waals surface area contributed by atoms with Crippen LogP contribution in [0.5, 0.6) is 0 Å². The van der Waals surface area contributed by atoms with Crippen LogP contribution in [-0.4, -0.2) is 35.5 Å². The number of terminal acetylenes is 1. The Labute approximate surface area is 102 Å². The Bertz CT molecular complexity index is 345. The molecule has 0 aromatic heterocycles. The summed E-state index contributed by atoms with van der Waals surface area (Å²) < 4.78 is 5.24. The quantitative estimate of drug-likeness (QED) is 0.553. The Morgan fingerprint density at radius 1 is 1.41 bits per heavy atom. The molecule has 1 saturated carbocycles. The van der Waals surface area contributed by atoms with Gasteiger partial charge in [-0.25, -0.2) is 4.79 Å². The van der Waals surface area contributed by atoms with Crippen LogP contribution >= 0.6 is 0 Å². The molecule has 4 nitrogen and oxygen atoms in total. The van der Waals surface area contributed by atoms with E-state index in [2.05, 4.69) is 0 Å². The molecule has 0 bridgehead atoms. The zero-order valence-electron chi connectivity index (χ0n) is 10.7. The van der Waals surface area contributed by atoms with Crippen LogP contribution in [0, 0.1) is 18.3 Å². The number of Topliss-reactive ketones (excluding diaryl/α,β-unsaturated/α-hetero) is 1. The monoisotopic (exact) mass is 237 g/mol. The van der Waals surface area contributed by atoms with Gasteiger partial charge in [0.05, 0.1) is 6.54 Å². The van der Waals surface area contributed by atoms with Gasteiger partial charge >= 0.3 is 6.09 Å². The average Bonchev–Trinajstić information content (AvgIpc) is 2.97. The Balaban J connectivity index is 2.58. The smallest absolute Gasteiger partial charge is 0.410 e. The van der Waals surface area contributed by atoms with Crippen molar-refractivity contribution in [1.29, 1.82) is 0 Å². The van der Waals surface area contributed by atoms with Gasteiger partial charge in [-0.05, 0) is 45.5 Å².